The van der Waals surface area contributed by atoms with E-state index >= 15 is 0 Å². The van der Waals surface area contributed by atoms with Crippen LogP contribution in [0, 0.1) is 5.82 Å². The highest BCUT2D eigenvalue weighted by Gasteiger charge is 2.17. The standard InChI is InChI=1S/C12H17FN2O/c13-11-4-1-3-10-9-15(6-2-5-14)7-8-16-12(10)11/h1,3-4H,2,5-9,14H2. The lowest BCUT2D eigenvalue weighted by molar-refractivity contribution is 0.222. The molecule has 0 aromatic heterocycles. The highest BCUT2D eigenvalue weighted by molar-refractivity contribution is 5.35. The number of nitrogens with two attached hydrogens (primary N) is 1. The molecule has 0 unspecified atom stereocenters. The van der Waals surface area contributed by atoms with Crippen LogP contribution in [0.2, 0.25) is 0 Å². The van der Waals surface area contributed by atoms with Gasteiger partial charge in [-0.3, -0.25) is 4.90 Å². The van der Waals surface area contributed by atoms with Crippen LogP contribution >= 0.6 is 0 Å². The molecule has 0 aliphatic carbocycles. The zero-order chi connectivity index (χ0) is 11.4. The molecule has 0 atom stereocenters. The number of fused-ring (bicyclic) bond motifs is 1. The van der Waals surface area contributed by atoms with Crippen LogP contribution in [-0.2, 0) is 6.54 Å². The molecule has 0 saturated heterocycles. The van der Waals surface area contributed by atoms with Crippen LogP contribution in [0.3, 0.4) is 0 Å². The highest BCUT2D eigenvalue weighted by Crippen LogP contribution is 2.26. The predicted molar refractivity (Wildman–Crippen MR) is 60.8 cm³/mol. The van der Waals surface area contributed by atoms with Gasteiger partial charge >= 0.3 is 0 Å². The van der Waals surface area contributed by atoms with Crippen molar-refractivity contribution in [2.24, 2.45) is 5.73 Å². The van der Waals surface area contributed by atoms with Crippen LogP contribution in [0.1, 0.15) is 12.0 Å². The molecule has 1 aromatic rings. The molecule has 0 saturated carbocycles. The Morgan fingerprint density at radius 2 is 2.31 bits per heavy atom. The minimum atomic E-state index is -0.266. The van der Waals surface area contributed by atoms with Gasteiger partial charge in [0.15, 0.2) is 11.6 Å². The van der Waals surface area contributed by atoms with Crippen molar-refractivity contribution < 1.29 is 9.13 Å². The SMILES string of the molecule is NCCCN1CCOc2c(F)cccc2C1. The molecular weight excluding hydrogens is 207 g/mol. The van der Waals surface area contributed by atoms with Crippen molar-refractivity contribution in [3.63, 3.8) is 0 Å². The number of hydrogen-bond donors (Lipinski definition) is 1. The molecule has 88 valence electrons. The third-order valence-corrected chi connectivity index (χ3v) is 2.77. The molecule has 0 spiro atoms. The zero-order valence-electron chi connectivity index (χ0n) is 9.29. The molecule has 0 bridgehead atoms. The Morgan fingerprint density at radius 1 is 1.44 bits per heavy atom. The number of benzene rings is 1. The molecule has 2 N–H and O–H groups in total. The largest absolute Gasteiger partial charge is 0.489 e. The van der Waals surface area contributed by atoms with E-state index in [1.165, 1.54) is 6.07 Å². The number of halogens is 1. The zero-order valence-corrected chi connectivity index (χ0v) is 9.29. The van der Waals surface area contributed by atoms with Gasteiger partial charge in [-0.25, -0.2) is 4.39 Å². The van der Waals surface area contributed by atoms with E-state index in [1.54, 1.807) is 6.07 Å². The quantitative estimate of drug-likeness (QED) is 0.842. The van der Waals surface area contributed by atoms with E-state index in [1.807, 2.05) is 6.07 Å². The van der Waals surface area contributed by atoms with Gasteiger partial charge < -0.3 is 10.5 Å². The Hall–Kier alpha value is -1.13. The first-order valence-corrected chi connectivity index (χ1v) is 5.64. The molecule has 0 amide bonds. The monoisotopic (exact) mass is 224 g/mol. The second kappa shape index (κ2) is 5.27. The Kier molecular flexibility index (Phi) is 3.74. The Labute approximate surface area is 95.0 Å². The van der Waals surface area contributed by atoms with Gasteiger partial charge in [-0.15, -0.1) is 0 Å². The lowest BCUT2D eigenvalue weighted by atomic mass is 10.2. The summed E-state index contributed by atoms with van der Waals surface area (Å²) >= 11 is 0. The van der Waals surface area contributed by atoms with Crippen molar-refractivity contribution in [2.75, 3.05) is 26.2 Å². The number of hydrogen-bond acceptors (Lipinski definition) is 3. The molecule has 1 heterocycles. The minimum Gasteiger partial charge on any atom is -0.489 e. The van der Waals surface area contributed by atoms with Crippen molar-refractivity contribution in [3.05, 3.63) is 29.6 Å². The molecular formula is C12H17FN2O. The van der Waals surface area contributed by atoms with Crippen LogP contribution in [0.15, 0.2) is 18.2 Å². The van der Waals surface area contributed by atoms with Gasteiger partial charge in [0, 0.05) is 18.7 Å². The summed E-state index contributed by atoms with van der Waals surface area (Å²) in [6, 6.07) is 5.08. The smallest absolute Gasteiger partial charge is 0.165 e. The molecule has 16 heavy (non-hydrogen) atoms. The summed E-state index contributed by atoms with van der Waals surface area (Å²) in [5.41, 5.74) is 6.41. The summed E-state index contributed by atoms with van der Waals surface area (Å²) in [7, 11) is 0. The Balaban J connectivity index is 2.11. The molecule has 4 heteroatoms. The van der Waals surface area contributed by atoms with Crippen molar-refractivity contribution in [1.29, 1.82) is 0 Å². The third-order valence-electron chi connectivity index (χ3n) is 2.77. The fourth-order valence-corrected chi connectivity index (χ4v) is 1.94. The van der Waals surface area contributed by atoms with Gasteiger partial charge in [-0.05, 0) is 25.6 Å². The molecule has 1 aromatic carbocycles. The fraction of sp³-hybridized carbons (Fsp3) is 0.500. The Morgan fingerprint density at radius 3 is 3.12 bits per heavy atom. The normalized spacial score (nSPS) is 16.4. The first kappa shape index (κ1) is 11.4. The summed E-state index contributed by atoms with van der Waals surface area (Å²) in [6.45, 7) is 3.74. The molecule has 1 aliphatic rings. The second-order valence-electron chi connectivity index (χ2n) is 3.99. The maximum Gasteiger partial charge on any atom is 0.165 e. The lowest BCUT2D eigenvalue weighted by Crippen LogP contribution is -2.28. The van der Waals surface area contributed by atoms with E-state index in [0.29, 0.717) is 18.9 Å². The topological polar surface area (TPSA) is 38.5 Å². The van der Waals surface area contributed by atoms with E-state index in [2.05, 4.69) is 4.90 Å². The summed E-state index contributed by atoms with van der Waals surface area (Å²) in [4.78, 5) is 2.25. The van der Waals surface area contributed by atoms with E-state index < -0.39 is 0 Å². The van der Waals surface area contributed by atoms with Crippen LogP contribution in [-0.4, -0.2) is 31.1 Å². The molecule has 0 fully saturated rings. The maximum absolute atomic E-state index is 13.5. The maximum atomic E-state index is 13.5. The number of ether oxygens (including phenoxy) is 1. The van der Waals surface area contributed by atoms with E-state index in [4.69, 9.17) is 10.5 Å². The predicted octanol–water partition coefficient (Wildman–Crippen LogP) is 1.37. The summed E-state index contributed by atoms with van der Waals surface area (Å²) in [5.74, 6) is 0.149. The van der Waals surface area contributed by atoms with Crippen molar-refractivity contribution >= 4 is 0 Å². The van der Waals surface area contributed by atoms with E-state index in [9.17, 15) is 4.39 Å². The van der Waals surface area contributed by atoms with E-state index in [0.717, 1.165) is 31.6 Å². The van der Waals surface area contributed by atoms with Crippen molar-refractivity contribution in [1.82, 2.24) is 4.90 Å². The molecule has 0 radical (unpaired) electrons. The average Bonchev–Trinajstić information content (AvgIpc) is 2.49. The summed E-state index contributed by atoms with van der Waals surface area (Å²) in [5, 5.41) is 0. The first-order valence-electron chi connectivity index (χ1n) is 5.64. The van der Waals surface area contributed by atoms with Gasteiger partial charge in [-0.2, -0.15) is 0 Å². The van der Waals surface area contributed by atoms with Crippen LogP contribution in [0.25, 0.3) is 0 Å². The van der Waals surface area contributed by atoms with Gasteiger partial charge in [0.05, 0.1) is 0 Å². The molecule has 3 nitrogen and oxygen atoms in total. The molecule has 1 aliphatic heterocycles. The lowest BCUT2D eigenvalue weighted by Gasteiger charge is -2.18. The van der Waals surface area contributed by atoms with Gasteiger partial charge in [0.1, 0.15) is 6.61 Å². The van der Waals surface area contributed by atoms with Crippen molar-refractivity contribution in [2.45, 2.75) is 13.0 Å². The number of para-hydroxylation sites is 1. The molecule has 2 rings (SSSR count). The Bertz CT molecular complexity index is 357. The van der Waals surface area contributed by atoms with Crippen LogP contribution < -0.4 is 10.5 Å². The minimum absolute atomic E-state index is 0.266. The van der Waals surface area contributed by atoms with Crippen LogP contribution in [0.5, 0.6) is 5.75 Å². The fourth-order valence-electron chi connectivity index (χ4n) is 1.94. The van der Waals surface area contributed by atoms with Gasteiger partial charge in [0.25, 0.3) is 0 Å². The highest BCUT2D eigenvalue weighted by atomic mass is 19.1. The van der Waals surface area contributed by atoms with Gasteiger partial charge in [0.2, 0.25) is 0 Å². The number of nitrogens with zero attached hydrogens (tertiary/aromatic N) is 1. The average molecular weight is 224 g/mol. The van der Waals surface area contributed by atoms with E-state index in [-0.39, 0.29) is 5.82 Å². The van der Waals surface area contributed by atoms with Crippen molar-refractivity contribution in [3.8, 4) is 5.75 Å². The van der Waals surface area contributed by atoms with Crippen LogP contribution in [0.4, 0.5) is 4.39 Å². The first-order chi connectivity index (χ1) is 7.81. The summed E-state index contributed by atoms with van der Waals surface area (Å²) in [6.07, 6.45) is 0.963. The second-order valence-corrected chi connectivity index (χ2v) is 3.99. The number of rotatable bonds is 3. The third kappa shape index (κ3) is 2.51. The summed E-state index contributed by atoms with van der Waals surface area (Å²) < 4.78 is 18.9. The van der Waals surface area contributed by atoms with Gasteiger partial charge in [-0.1, -0.05) is 12.1 Å².